The van der Waals surface area contributed by atoms with Crippen molar-refractivity contribution in [3.8, 4) is 0 Å². The summed E-state index contributed by atoms with van der Waals surface area (Å²) < 4.78 is 0. The van der Waals surface area contributed by atoms with E-state index in [9.17, 15) is 10.1 Å². The highest BCUT2D eigenvalue weighted by Crippen LogP contribution is 2.30. The van der Waals surface area contributed by atoms with Crippen molar-refractivity contribution in [2.75, 3.05) is 11.9 Å². The van der Waals surface area contributed by atoms with Crippen molar-refractivity contribution in [3.05, 3.63) is 40.7 Å². The maximum absolute atomic E-state index is 11.0. The normalized spacial score (nSPS) is 10.9. The van der Waals surface area contributed by atoms with Gasteiger partial charge in [0.25, 0.3) is 5.69 Å². The molecule has 0 bridgehead atoms. The van der Waals surface area contributed by atoms with Crippen molar-refractivity contribution in [1.29, 1.82) is 0 Å². The monoisotopic (exact) mass is 273 g/mol. The first-order valence-corrected chi connectivity index (χ1v) is 6.92. The molecule has 1 N–H and O–H groups in total. The molecule has 0 saturated carbocycles. The Hall–Kier alpha value is -2.17. The molecule has 20 heavy (non-hydrogen) atoms. The molecule has 2 aromatic rings. The molecule has 0 unspecified atom stereocenters. The third kappa shape index (κ3) is 2.87. The molecular weight excluding hydrogens is 254 g/mol. The Morgan fingerprint density at radius 1 is 1.25 bits per heavy atom. The van der Waals surface area contributed by atoms with Crippen LogP contribution in [0.2, 0.25) is 0 Å². The molecule has 1 heterocycles. The topological polar surface area (TPSA) is 68.1 Å². The van der Waals surface area contributed by atoms with Gasteiger partial charge >= 0.3 is 0 Å². The number of aromatic nitrogens is 1. The minimum Gasteiger partial charge on any atom is -0.384 e. The molecule has 0 fully saturated rings. The minimum absolute atomic E-state index is 0.121. The van der Waals surface area contributed by atoms with Crippen molar-refractivity contribution >= 4 is 22.1 Å². The second kappa shape index (κ2) is 6.32. The summed E-state index contributed by atoms with van der Waals surface area (Å²) in [6, 6.07) is 5.01. The summed E-state index contributed by atoms with van der Waals surface area (Å²) >= 11 is 0. The average Bonchev–Trinajstić information content (AvgIpc) is 2.47. The van der Waals surface area contributed by atoms with E-state index >= 15 is 0 Å². The maximum atomic E-state index is 11.0. The number of non-ortho nitro benzene ring substituents is 1. The van der Waals surface area contributed by atoms with Crippen LogP contribution in [0.25, 0.3) is 10.8 Å². The van der Waals surface area contributed by atoms with E-state index in [2.05, 4.69) is 24.1 Å². The molecule has 0 aliphatic heterocycles. The second-order valence-electron chi connectivity index (χ2n) is 4.87. The van der Waals surface area contributed by atoms with Gasteiger partial charge in [0.15, 0.2) is 0 Å². The predicted molar refractivity (Wildman–Crippen MR) is 81.0 cm³/mol. The highest BCUT2D eigenvalue weighted by atomic mass is 16.6. The van der Waals surface area contributed by atoms with Gasteiger partial charge in [-0.05, 0) is 18.1 Å². The van der Waals surface area contributed by atoms with Crippen LogP contribution in [-0.4, -0.2) is 16.5 Å². The van der Waals surface area contributed by atoms with Gasteiger partial charge in [-0.2, -0.15) is 0 Å². The second-order valence-corrected chi connectivity index (χ2v) is 4.87. The predicted octanol–water partition coefficient (Wildman–Crippen LogP) is 3.99. The molecule has 0 radical (unpaired) electrons. The zero-order valence-electron chi connectivity index (χ0n) is 11.8. The molecule has 5 nitrogen and oxygen atoms in total. The molecule has 0 spiro atoms. The summed E-state index contributed by atoms with van der Waals surface area (Å²) in [7, 11) is 0. The number of anilines is 1. The van der Waals surface area contributed by atoms with Gasteiger partial charge < -0.3 is 5.32 Å². The van der Waals surface area contributed by atoms with Crippen molar-refractivity contribution in [2.24, 2.45) is 5.92 Å². The van der Waals surface area contributed by atoms with E-state index in [0.717, 1.165) is 30.5 Å². The fraction of sp³-hybridized carbons (Fsp3) is 0.400. The van der Waals surface area contributed by atoms with Gasteiger partial charge in [0, 0.05) is 36.1 Å². The van der Waals surface area contributed by atoms with E-state index in [4.69, 9.17) is 0 Å². The number of benzene rings is 1. The summed E-state index contributed by atoms with van der Waals surface area (Å²) in [4.78, 5) is 14.8. The Morgan fingerprint density at radius 2 is 2.00 bits per heavy atom. The third-order valence-corrected chi connectivity index (χ3v) is 3.73. The minimum atomic E-state index is -0.354. The van der Waals surface area contributed by atoms with Crippen molar-refractivity contribution < 1.29 is 4.92 Å². The van der Waals surface area contributed by atoms with E-state index in [1.807, 2.05) is 0 Å². The van der Waals surface area contributed by atoms with Crippen molar-refractivity contribution in [2.45, 2.75) is 26.7 Å². The number of hydrogen-bond acceptors (Lipinski definition) is 4. The van der Waals surface area contributed by atoms with Crippen LogP contribution in [0.15, 0.2) is 30.6 Å². The van der Waals surface area contributed by atoms with Gasteiger partial charge in [0.05, 0.1) is 10.3 Å². The fourth-order valence-electron chi connectivity index (χ4n) is 2.32. The molecule has 0 atom stereocenters. The van der Waals surface area contributed by atoms with Crippen LogP contribution in [0.1, 0.15) is 26.7 Å². The van der Waals surface area contributed by atoms with Crippen LogP contribution in [0.5, 0.6) is 0 Å². The number of fused-ring (bicyclic) bond motifs is 1. The van der Waals surface area contributed by atoms with Crippen LogP contribution in [0.3, 0.4) is 0 Å². The Balaban J connectivity index is 2.36. The van der Waals surface area contributed by atoms with Gasteiger partial charge in [0.2, 0.25) is 0 Å². The Morgan fingerprint density at radius 3 is 2.65 bits per heavy atom. The lowest BCUT2D eigenvalue weighted by molar-refractivity contribution is -0.383. The third-order valence-electron chi connectivity index (χ3n) is 3.73. The van der Waals surface area contributed by atoms with Crippen molar-refractivity contribution in [1.82, 2.24) is 4.98 Å². The summed E-state index contributed by atoms with van der Waals surface area (Å²) in [5.41, 5.74) is 1.03. The molecule has 5 heteroatoms. The van der Waals surface area contributed by atoms with E-state index < -0.39 is 0 Å². The number of hydrogen-bond donors (Lipinski definition) is 1. The lowest BCUT2D eigenvalue weighted by Crippen LogP contribution is -2.13. The highest BCUT2D eigenvalue weighted by molar-refractivity contribution is 5.99. The number of nitrogens with one attached hydrogen (secondary N) is 1. The van der Waals surface area contributed by atoms with Gasteiger partial charge in [0.1, 0.15) is 0 Å². The van der Waals surface area contributed by atoms with Gasteiger partial charge in [-0.3, -0.25) is 15.1 Å². The summed E-state index contributed by atoms with van der Waals surface area (Å²) in [6.45, 7) is 5.21. The number of nitro benzene ring substituents is 1. The molecule has 106 valence electrons. The van der Waals surface area contributed by atoms with Crippen LogP contribution in [-0.2, 0) is 0 Å². The van der Waals surface area contributed by atoms with E-state index in [1.54, 1.807) is 30.6 Å². The molecule has 0 saturated heterocycles. The fourth-order valence-corrected chi connectivity index (χ4v) is 2.32. The van der Waals surface area contributed by atoms with Crippen LogP contribution in [0, 0.1) is 16.0 Å². The first-order chi connectivity index (χ1) is 9.67. The molecule has 2 rings (SSSR count). The zero-order chi connectivity index (χ0) is 14.5. The zero-order valence-corrected chi connectivity index (χ0v) is 11.8. The summed E-state index contributed by atoms with van der Waals surface area (Å²) in [5, 5.41) is 15.9. The molecule has 1 aromatic carbocycles. The smallest absolute Gasteiger partial charge is 0.277 e. The van der Waals surface area contributed by atoms with Crippen LogP contribution >= 0.6 is 0 Å². The first-order valence-electron chi connectivity index (χ1n) is 6.92. The van der Waals surface area contributed by atoms with Gasteiger partial charge in [-0.15, -0.1) is 0 Å². The Labute approximate surface area is 118 Å². The highest BCUT2D eigenvalue weighted by Gasteiger charge is 2.14. The molecule has 0 aliphatic carbocycles. The van der Waals surface area contributed by atoms with Gasteiger partial charge in [-0.1, -0.05) is 26.7 Å². The van der Waals surface area contributed by atoms with E-state index in [-0.39, 0.29) is 10.6 Å². The Bertz CT molecular complexity index is 609. The molecule has 0 amide bonds. The number of rotatable bonds is 6. The quantitative estimate of drug-likeness (QED) is 0.638. The van der Waals surface area contributed by atoms with Crippen LogP contribution in [0.4, 0.5) is 11.4 Å². The average molecular weight is 273 g/mol. The molecule has 1 aromatic heterocycles. The lowest BCUT2D eigenvalue weighted by Gasteiger charge is -2.15. The molecule has 0 aliphatic rings. The van der Waals surface area contributed by atoms with Gasteiger partial charge in [-0.25, -0.2) is 0 Å². The van der Waals surface area contributed by atoms with Crippen molar-refractivity contribution in [3.63, 3.8) is 0 Å². The largest absolute Gasteiger partial charge is 0.384 e. The SMILES string of the molecule is CCC(CC)CNc1ccc([N+](=O)[O-])c2ccncc12. The van der Waals surface area contributed by atoms with E-state index in [1.165, 1.54) is 0 Å². The van der Waals surface area contributed by atoms with E-state index in [0.29, 0.717) is 11.3 Å². The summed E-state index contributed by atoms with van der Waals surface area (Å²) in [6.07, 6.45) is 5.50. The number of nitro groups is 1. The standard InChI is InChI=1S/C15H19N3O2/c1-3-11(4-2)9-17-14-5-6-15(18(19)20)12-7-8-16-10-13(12)14/h5-8,10-11,17H,3-4,9H2,1-2H3. The maximum Gasteiger partial charge on any atom is 0.277 e. The van der Waals surface area contributed by atoms with Crippen LogP contribution < -0.4 is 5.32 Å². The summed E-state index contributed by atoms with van der Waals surface area (Å²) in [5.74, 6) is 0.608. The number of nitrogens with zero attached hydrogens (tertiary/aromatic N) is 2. The Kier molecular flexibility index (Phi) is 4.50. The number of pyridine rings is 1. The first kappa shape index (κ1) is 14.2. The molecular formula is C15H19N3O2. The lowest BCUT2D eigenvalue weighted by atomic mass is 10.0.